The van der Waals surface area contributed by atoms with Crippen LogP contribution >= 0.6 is 0 Å². The highest BCUT2D eigenvalue weighted by Crippen LogP contribution is 2.40. The van der Waals surface area contributed by atoms with Crippen molar-refractivity contribution in [2.75, 3.05) is 5.32 Å². The highest BCUT2D eigenvalue weighted by atomic mass is 16.1. The molecule has 1 N–H and O–H groups in total. The minimum Gasteiger partial charge on any atom is -0.339 e. The van der Waals surface area contributed by atoms with Gasteiger partial charge in [-0.25, -0.2) is 4.98 Å². The van der Waals surface area contributed by atoms with Crippen LogP contribution in [0.5, 0.6) is 0 Å². The molecule has 4 nitrogen and oxygen atoms in total. The number of hydrogen-bond acceptors (Lipinski definition) is 4. The molecule has 2 aromatic rings. The van der Waals surface area contributed by atoms with Crippen LogP contribution in [-0.4, -0.2) is 16.3 Å². The molecule has 0 spiro atoms. The standard InChI is InChI=1S/C17H19N3O/c1-17(2)8-12(11-21)14-5-6-16(20-15(14)9-17)19-13-4-3-7-18-10-13/h3-7,10-12H,8-9H2,1-2H3,(H,19,20). The third kappa shape index (κ3) is 2.94. The predicted molar refractivity (Wildman–Crippen MR) is 82.7 cm³/mol. The van der Waals surface area contributed by atoms with Crippen molar-refractivity contribution < 1.29 is 4.79 Å². The van der Waals surface area contributed by atoms with Crippen LogP contribution in [0.15, 0.2) is 36.7 Å². The molecular weight excluding hydrogens is 262 g/mol. The van der Waals surface area contributed by atoms with Gasteiger partial charge in [0.1, 0.15) is 12.1 Å². The van der Waals surface area contributed by atoms with Gasteiger partial charge in [0.15, 0.2) is 0 Å². The zero-order chi connectivity index (χ0) is 14.9. The van der Waals surface area contributed by atoms with Crippen molar-refractivity contribution in [1.82, 2.24) is 9.97 Å². The van der Waals surface area contributed by atoms with Crippen LogP contribution in [-0.2, 0) is 11.2 Å². The van der Waals surface area contributed by atoms with Crippen LogP contribution in [0.2, 0.25) is 0 Å². The molecule has 1 aliphatic carbocycles. The molecule has 0 aromatic carbocycles. The predicted octanol–water partition coefficient (Wildman–Crippen LogP) is 3.48. The van der Waals surface area contributed by atoms with Crippen LogP contribution in [0.1, 0.15) is 37.4 Å². The summed E-state index contributed by atoms with van der Waals surface area (Å²) in [6.45, 7) is 4.38. The molecule has 0 saturated carbocycles. The number of aldehydes is 1. The molecular formula is C17H19N3O. The van der Waals surface area contributed by atoms with E-state index in [-0.39, 0.29) is 11.3 Å². The van der Waals surface area contributed by atoms with E-state index >= 15 is 0 Å². The van der Waals surface area contributed by atoms with Gasteiger partial charge in [-0.2, -0.15) is 0 Å². The van der Waals surface area contributed by atoms with Crippen molar-refractivity contribution in [2.24, 2.45) is 5.41 Å². The van der Waals surface area contributed by atoms with Gasteiger partial charge in [0.25, 0.3) is 0 Å². The summed E-state index contributed by atoms with van der Waals surface area (Å²) >= 11 is 0. The smallest absolute Gasteiger partial charge is 0.130 e. The maximum atomic E-state index is 11.3. The fraction of sp³-hybridized carbons (Fsp3) is 0.353. The summed E-state index contributed by atoms with van der Waals surface area (Å²) in [5.74, 6) is 0.757. The van der Waals surface area contributed by atoms with E-state index in [9.17, 15) is 4.79 Å². The van der Waals surface area contributed by atoms with E-state index in [2.05, 4.69) is 24.1 Å². The molecule has 1 aliphatic rings. The average molecular weight is 281 g/mol. The van der Waals surface area contributed by atoms with Crippen LogP contribution in [0.4, 0.5) is 11.5 Å². The molecule has 3 rings (SSSR count). The molecule has 108 valence electrons. The number of carbonyl (C=O) groups is 1. The first-order valence-electron chi connectivity index (χ1n) is 7.19. The van der Waals surface area contributed by atoms with Gasteiger partial charge >= 0.3 is 0 Å². The van der Waals surface area contributed by atoms with E-state index in [1.165, 1.54) is 0 Å². The number of fused-ring (bicyclic) bond motifs is 1. The van der Waals surface area contributed by atoms with Crippen LogP contribution in [0.25, 0.3) is 0 Å². The van der Waals surface area contributed by atoms with Gasteiger partial charge in [-0.15, -0.1) is 0 Å². The number of hydrogen-bond donors (Lipinski definition) is 1. The summed E-state index contributed by atoms with van der Waals surface area (Å²) in [5, 5.41) is 3.25. The Balaban J connectivity index is 1.92. The zero-order valence-corrected chi connectivity index (χ0v) is 12.3. The van der Waals surface area contributed by atoms with E-state index in [1.54, 1.807) is 12.4 Å². The number of nitrogens with one attached hydrogen (secondary N) is 1. The van der Waals surface area contributed by atoms with Gasteiger partial charge < -0.3 is 10.1 Å². The fourth-order valence-corrected chi connectivity index (χ4v) is 3.00. The van der Waals surface area contributed by atoms with Crippen LogP contribution < -0.4 is 5.32 Å². The number of rotatable bonds is 3. The Morgan fingerprint density at radius 3 is 2.90 bits per heavy atom. The lowest BCUT2D eigenvalue weighted by Gasteiger charge is -2.34. The van der Waals surface area contributed by atoms with Gasteiger partial charge in [-0.3, -0.25) is 4.98 Å². The van der Waals surface area contributed by atoms with Crippen LogP contribution in [0.3, 0.4) is 0 Å². The monoisotopic (exact) mass is 281 g/mol. The fourth-order valence-electron chi connectivity index (χ4n) is 3.00. The maximum absolute atomic E-state index is 11.3. The van der Waals surface area contributed by atoms with Gasteiger partial charge in [-0.1, -0.05) is 19.9 Å². The molecule has 0 aliphatic heterocycles. The average Bonchev–Trinajstić information content (AvgIpc) is 2.46. The SMILES string of the molecule is CC1(C)Cc2nc(Nc3cccnc3)ccc2C(C=O)C1. The largest absolute Gasteiger partial charge is 0.339 e. The molecule has 0 bridgehead atoms. The molecule has 1 unspecified atom stereocenters. The summed E-state index contributed by atoms with van der Waals surface area (Å²) in [5.41, 5.74) is 3.11. The maximum Gasteiger partial charge on any atom is 0.130 e. The molecule has 2 heterocycles. The Hall–Kier alpha value is -2.23. The number of carbonyl (C=O) groups excluding carboxylic acids is 1. The lowest BCUT2D eigenvalue weighted by molar-refractivity contribution is -0.109. The summed E-state index contributed by atoms with van der Waals surface area (Å²) in [7, 11) is 0. The summed E-state index contributed by atoms with van der Waals surface area (Å²) in [6.07, 6.45) is 6.34. The molecule has 2 aromatic heterocycles. The van der Waals surface area contributed by atoms with Crippen LogP contribution in [0, 0.1) is 5.41 Å². The van der Waals surface area contributed by atoms with E-state index < -0.39 is 0 Å². The molecule has 4 heteroatoms. The topological polar surface area (TPSA) is 54.9 Å². The number of pyridine rings is 2. The summed E-state index contributed by atoms with van der Waals surface area (Å²) in [6, 6.07) is 7.79. The van der Waals surface area contributed by atoms with Gasteiger partial charge in [0, 0.05) is 17.8 Å². The van der Waals surface area contributed by atoms with E-state index in [4.69, 9.17) is 4.98 Å². The number of anilines is 2. The Morgan fingerprint density at radius 2 is 2.19 bits per heavy atom. The lowest BCUT2D eigenvalue weighted by Crippen LogP contribution is -2.27. The highest BCUT2D eigenvalue weighted by Gasteiger charge is 2.32. The Kier molecular flexibility index (Phi) is 3.45. The summed E-state index contributed by atoms with van der Waals surface area (Å²) < 4.78 is 0. The van der Waals surface area contributed by atoms with Crippen molar-refractivity contribution in [3.63, 3.8) is 0 Å². The third-order valence-electron chi connectivity index (χ3n) is 3.93. The van der Waals surface area contributed by atoms with Crippen molar-refractivity contribution in [3.05, 3.63) is 47.9 Å². The van der Waals surface area contributed by atoms with Gasteiger partial charge in [-0.05, 0) is 42.0 Å². The first-order chi connectivity index (χ1) is 10.1. The van der Waals surface area contributed by atoms with E-state index in [0.717, 1.165) is 41.9 Å². The zero-order valence-electron chi connectivity index (χ0n) is 12.3. The second-order valence-electron chi connectivity index (χ2n) is 6.39. The van der Waals surface area contributed by atoms with Crippen molar-refractivity contribution in [3.8, 4) is 0 Å². The number of nitrogens with zero attached hydrogens (tertiary/aromatic N) is 2. The van der Waals surface area contributed by atoms with Crippen molar-refractivity contribution >= 4 is 17.8 Å². The van der Waals surface area contributed by atoms with Gasteiger partial charge in [0.05, 0.1) is 11.9 Å². The molecule has 0 radical (unpaired) electrons. The summed E-state index contributed by atoms with van der Waals surface area (Å²) in [4.78, 5) is 20.1. The Morgan fingerprint density at radius 1 is 1.33 bits per heavy atom. The Labute approximate surface area is 124 Å². The molecule has 0 saturated heterocycles. The second kappa shape index (κ2) is 5.28. The second-order valence-corrected chi connectivity index (χ2v) is 6.39. The minimum absolute atomic E-state index is 0.0382. The normalized spacial score (nSPS) is 19.6. The molecule has 0 fully saturated rings. The minimum atomic E-state index is -0.0382. The number of aromatic nitrogens is 2. The first-order valence-corrected chi connectivity index (χ1v) is 7.19. The lowest BCUT2D eigenvalue weighted by atomic mass is 9.71. The van der Waals surface area contributed by atoms with E-state index in [1.807, 2.05) is 24.3 Å². The van der Waals surface area contributed by atoms with E-state index in [0.29, 0.717) is 0 Å². The molecule has 1 atom stereocenters. The molecule has 21 heavy (non-hydrogen) atoms. The quantitative estimate of drug-likeness (QED) is 0.875. The Bertz CT molecular complexity index is 652. The molecule has 0 amide bonds. The van der Waals surface area contributed by atoms with Gasteiger partial charge in [0.2, 0.25) is 0 Å². The third-order valence-corrected chi connectivity index (χ3v) is 3.93. The van der Waals surface area contributed by atoms with Crippen molar-refractivity contribution in [1.29, 1.82) is 0 Å². The first kappa shape index (κ1) is 13.7. The highest BCUT2D eigenvalue weighted by molar-refractivity contribution is 5.65. The van der Waals surface area contributed by atoms with Crippen molar-refractivity contribution in [2.45, 2.75) is 32.6 Å².